The second kappa shape index (κ2) is 6.07. The summed E-state index contributed by atoms with van der Waals surface area (Å²) in [6, 6.07) is 1.76. The van der Waals surface area contributed by atoms with Gasteiger partial charge in [-0.05, 0) is 34.8 Å². The summed E-state index contributed by atoms with van der Waals surface area (Å²) in [6.07, 6.45) is 1.25. The van der Waals surface area contributed by atoms with Crippen LogP contribution in [0.25, 0.3) is 0 Å². The highest BCUT2D eigenvalue weighted by atomic mass is 79.9. The first-order valence-corrected chi connectivity index (χ1v) is 8.84. The van der Waals surface area contributed by atoms with Crippen molar-refractivity contribution in [3.05, 3.63) is 21.9 Å². The lowest BCUT2D eigenvalue weighted by Gasteiger charge is -2.38. The van der Waals surface area contributed by atoms with Crippen LogP contribution in [0.3, 0.4) is 0 Å². The summed E-state index contributed by atoms with van der Waals surface area (Å²) in [5.41, 5.74) is 0.748. The molecule has 1 saturated heterocycles. The molecule has 0 bridgehead atoms. The van der Waals surface area contributed by atoms with Crippen molar-refractivity contribution in [3.63, 3.8) is 0 Å². The lowest BCUT2D eigenvalue weighted by atomic mass is 10.1. The summed E-state index contributed by atoms with van der Waals surface area (Å²) < 4.78 is 26.5. The van der Waals surface area contributed by atoms with Gasteiger partial charge in [-0.15, -0.1) is 0 Å². The number of fused-ring (bicyclic) bond motifs is 2. The van der Waals surface area contributed by atoms with Crippen LogP contribution in [0, 0.1) is 5.82 Å². The number of carboxylic acid groups (broad SMARTS) is 1. The molecule has 0 spiro atoms. The molecule has 1 N–H and O–H groups in total. The average Bonchev–Trinajstić information content (AvgIpc) is 3.37. The molecule has 0 aromatic heterocycles. The molecule has 1 atom stereocenters. The minimum atomic E-state index is -0.926. The number of amides is 1. The highest BCUT2D eigenvalue weighted by molar-refractivity contribution is 9.10. The molecule has 0 unspecified atom stereocenters. The third-order valence-corrected chi connectivity index (χ3v) is 5.43. The molecule has 1 aromatic rings. The Kier molecular flexibility index (Phi) is 4.04. The lowest BCUT2D eigenvalue weighted by molar-refractivity contribution is 0.0499. The van der Waals surface area contributed by atoms with E-state index < -0.39 is 11.9 Å². The molecule has 2 heterocycles. The topological polar surface area (TPSA) is 62.2 Å². The van der Waals surface area contributed by atoms with Crippen LogP contribution in [0.4, 0.5) is 9.18 Å². The molecule has 6 nitrogen and oxygen atoms in total. The third kappa shape index (κ3) is 2.93. The van der Waals surface area contributed by atoms with Gasteiger partial charge in [0.25, 0.3) is 0 Å². The Morgan fingerprint density at radius 3 is 2.92 bits per heavy atom. The predicted octanol–water partition coefficient (Wildman–Crippen LogP) is 2.69. The van der Waals surface area contributed by atoms with Crippen molar-refractivity contribution in [3.8, 4) is 11.5 Å². The van der Waals surface area contributed by atoms with Gasteiger partial charge in [-0.3, -0.25) is 4.90 Å². The van der Waals surface area contributed by atoms with Crippen LogP contribution >= 0.6 is 15.9 Å². The summed E-state index contributed by atoms with van der Waals surface area (Å²) in [7, 11) is 0. The lowest BCUT2D eigenvalue weighted by Crippen LogP contribution is -2.55. The minimum absolute atomic E-state index is 0.0757. The van der Waals surface area contributed by atoms with Crippen molar-refractivity contribution in [2.75, 3.05) is 26.2 Å². The largest absolute Gasteiger partial charge is 0.489 e. The summed E-state index contributed by atoms with van der Waals surface area (Å²) in [4.78, 5) is 14.7. The molecule has 24 heavy (non-hydrogen) atoms. The number of hydrogen-bond acceptors (Lipinski definition) is 4. The molecular formula is C16H18BrFN2O4. The maximum absolute atomic E-state index is 14.7. The van der Waals surface area contributed by atoms with E-state index in [1.165, 1.54) is 4.90 Å². The van der Waals surface area contributed by atoms with Crippen molar-refractivity contribution in [1.82, 2.24) is 9.80 Å². The molecule has 130 valence electrons. The van der Waals surface area contributed by atoms with Crippen molar-refractivity contribution in [2.24, 2.45) is 0 Å². The van der Waals surface area contributed by atoms with Crippen LogP contribution in [0.2, 0.25) is 0 Å². The van der Waals surface area contributed by atoms with Crippen LogP contribution < -0.4 is 9.47 Å². The van der Waals surface area contributed by atoms with Gasteiger partial charge in [0.05, 0.1) is 16.6 Å². The number of rotatable bonds is 2. The number of piperazine rings is 1. The molecule has 0 radical (unpaired) electrons. The number of ether oxygens (including phenoxy) is 2. The molecule has 1 amide bonds. The van der Waals surface area contributed by atoms with E-state index in [0.29, 0.717) is 36.4 Å². The normalized spacial score (nSPS) is 23.8. The van der Waals surface area contributed by atoms with Gasteiger partial charge in [0.1, 0.15) is 12.4 Å². The van der Waals surface area contributed by atoms with Crippen molar-refractivity contribution in [2.45, 2.75) is 31.5 Å². The van der Waals surface area contributed by atoms with Gasteiger partial charge in [0.15, 0.2) is 11.6 Å². The van der Waals surface area contributed by atoms with E-state index in [4.69, 9.17) is 14.6 Å². The summed E-state index contributed by atoms with van der Waals surface area (Å²) in [5, 5.41) is 9.16. The Hall–Kier alpha value is -1.54. The molecule has 1 saturated carbocycles. The van der Waals surface area contributed by atoms with Gasteiger partial charge >= 0.3 is 6.09 Å². The Balaban J connectivity index is 1.60. The summed E-state index contributed by atoms with van der Waals surface area (Å²) in [6.45, 7) is 2.22. The number of halogens is 2. The van der Waals surface area contributed by atoms with Gasteiger partial charge in [-0.25, -0.2) is 9.18 Å². The Morgan fingerprint density at radius 1 is 1.42 bits per heavy atom. The smallest absolute Gasteiger partial charge is 0.407 e. The number of nitrogens with zero attached hydrogens (tertiary/aromatic N) is 2. The fraction of sp³-hybridized carbons (Fsp3) is 0.562. The Morgan fingerprint density at radius 2 is 2.21 bits per heavy atom. The zero-order valence-corrected chi connectivity index (χ0v) is 14.6. The third-order valence-electron chi connectivity index (χ3n) is 4.69. The van der Waals surface area contributed by atoms with E-state index in [1.807, 2.05) is 6.07 Å². The minimum Gasteiger partial charge on any atom is -0.489 e. The highest BCUT2D eigenvalue weighted by Gasteiger charge is 2.35. The SMILES string of the molecule is O=C(O)N1CCN2Cc3cc(OC4CC4)c(Br)c(F)c3OC[C@H]2C1. The van der Waals surface area contributed by atoms with E-state index in [2.05, 4.69) is 20.8 Å². The summed E-state index contributed by atoms with van der Waals surface area (Å²) in [5.74, 6) is 0.305. The van der Waals surface area contributed by atoms with Crippen LogP contribution in [0.15, 0.2) is 10.5 Å². The highest BCUT2D eigenvalue weighted by Crippen LogP contribution is 2.41. The maximum Gasteiger partial charge on any atom is 0.407 e. The number of carbonyl (C=O) groups is 1. The maximum atomic E-state index is 14.7. The Labute approximate surface area is 147 Å². The second-order valence-electron chi connectivity index (χ2n) is 6.47. The first-order chi connectivity index (χ1) is 11.5. The van der Waals surface area contributed by atoms with Gasteiger partial charge in [-0.1, -0.05) is 0 Å². The molecule has 1 aliphatic carbocycles. The quantitative estimate of drug-likeness (QED) is 0.826. The van der Waals surface area contributed by atoms with Gasteiger partial charge in [0.2, 0.25) is 0 Å². The van der Waals surface area contributed by atoms with Crippen molar-refractivity contribution in [1.29, 1.82) is 0 Å². The van der Waals surface area contributed by atoms with E-state index in [0.717, 1.165) is 18.4 Å². The molecule has 2 aliphatic heterocycles. The first kappa shape index (κ1) is 16.0. The average molecular weight is 401 g/mol. The molecular weight excluding hydrogens is 383 g/mol. The van der Waals surface area contributed by atoms with Crippen LogP contribution in [0.5, 0.6) is 11.5 Å². The second-order valence-corrected chi connectivity index (χ2v) is 7.27. The van der Waals surface area contributed by atoms with Gasteiger partial charge in [-0.2, -0.15) is 0 Å². The van der Waals surface area contributed by atoms with Crippen LogP contribution in [-0.4, -0.2) is 59.4 Å². The number of benzene rings is 1. The predicted molar refractivity (Wildman–Crippen MR) is 87.0 cm³/mol. The van der Waals surface area contributed by atoms with E-state index in [-0.39, 0.29) is 24.5 Å². The van der Waals surface area contributed by atoms with E-state index in [1.54, 1.807) is 0 Å². The van der Waals surface area contributed by atoms with E-state index in [9.17, 15) is 9.18 Å². The number of hydrogen-bond donors (Lipinski definition) is 1. The fourth-order valence-corrected chi connectivity index (χ4v) is 3.58. The van der Waals surface area contributed by atoms with Crippen molar-refractivity contribution >= 4 is 22.0 Å². The van der Waals surface area contributed by atoms with E-state index >= 15 is 0 Å². The van der Waals surface area contributed by atoms with Crippen LogP contribution in [0.1, 0.15) is 18.4 Å². The fourth-order valence-electron chi connectivity index (χ4n) is 3.19. The molecule has 8 heteroatoms. The van der Waals surface area contributed by atoms with Gasteiger partial charge in [0, 0.05) is 31.7 Å². The van der Waals surface area contributed by atoms with Crippen LogP contribution in [-0.2, 0) is 6.54 Å². The monoisotopic (exact) mass is 400 g/mol. The standard InChI is InChI=1S/C16H18BrFN2O4/c17-13-12(24-11-1-2-11)5-9-6-19-3-4-20(16(21)22)7-10(19)8-23-15(9)14(13)18/h5,10-11H,1-4,6-8H2,(H,21,22)/t10-/m1/s1. The Bertz CT molecular complexity index is 683. The molecule has 1 aromatic carbocycles. The van der Waals surface area contributed by atoms with Gasteiger partial charge < -0.3 is 19.5 Å². The molecule has 3 aliphatic rings. The molecule has 4 rings (SSSR count). The zero-order valence-electron chi connectivity index (χ0n) is 13.0. The first-order valence-electron chi connectivity index (χ1n) is 8.05. The zero-order chi connectivity index (χ0) is 16.8. The summed E-state index contributed by atoms with van der Waals surface area (Å²) >= 11 is 3.27. The molecule has 2 fully saturated rings. The van der Waals surface area contributed by atoms with Crippen molar-refractivity contribution < 1.29 is 23.8 Å².